The zero-order valence-corrected chi connectivity index (χ0v) is 10.1. The number of likely N-dealkylation sites (tertiary alicyclic amines) is 1. The highest BCUT2D eigenvalue weighted by Gasteiger charge is 2.33. The highest BCUT2D eigenvalue weighted by molar-refractivity contribution is 5.66. The largest absolute Gasteiger partial charge is 0.465 e. The van der Waals surface area contributed by atoms with E-state index in [0.29, 0.717) is 24.7 Å². The van der Waals surface area contributed by atoms with Crippen molar-refractivity contribution < 1.29 is 14.3 Å². The summed E-state index contributed by atoms with van der Waals surface area (Å²) in [6, 6.07) is 3.25. The molecule has 0 aliphatic carbocycles. The molecule has 1 saturated heterocycles. The van der Waals surface area contributed by atoms with Crippen molar-refractivity contribution in [2.75, 3.05) is 6.54 Å². The molecule has 0 radical (unpaired) electrons. The predicted molar refractivity (Wildman–Crippen MR) is 64.2 cm³/mol. The molecule has 98 valence electrons. The second kappa shape index (κ2) is 4.68. The van der Waals surface area contributed by atoms with Crippen molar-refractivity contribution in [2.24, 2.45) is 0 Å². The number of hydrogen-bond acceptors (Lipinski definition) is 5. The van der Waals surface area contributed by atoms with Gasteiger partial charge in [-0.3, -0.25) is 9.88 Å². The normalized spacial score (nSPS) is 18.7. The smallest absolute Gasteiger partial charge is 0.407 e. The minimum atomic E-state index is -0.955. The molecule has 7 nitrogen and oxygen atoms in total. The van der Waals surface area contributed by atoms with Crippen LogP contribution in [0.1, 0.15) is 24.8 Å². The summed E-state index contributed by atoms with van der Waals surface area (Å²) in [5.41, 5.74) is 0.723. The molecule has 0 bridgehead atoms. The average Bonchev–Trinajstić information content (AvgIpc) is 3.08. The molecule has 1 N–H and O–H groups in total. The first-order valence-electron chi connectivity index (χ1n) is 5.99. The highest BCUT2D eigenvalue weighted by Crippen LogP contribution is 2.32. The van der Waals surface area contributed by atoms with Gasteiger partial charge in [-0.2, -0.15) is 0 Å². The number of hydrogen-bond donors (Lipinski definition) is 1. The van der Waals surface area contributed by atoms with Crippen molar-refractivity contribution in [1.82, 2.24) is 20.1 Å². The van der Waals surface area contributed by atoms with E-state index in [4.69, 9.17) is 9.52 Å². The monoisotopic (exact) mass is 260 g/mol. The van der Waals surface area contributed by atoms with Crippen LogP contribution in [0.2, 0.25) is 0 Å². The fraction of sp³-hybridized carbons (Fsp3) is 0.333. The van der Waals surface area contributed by atoms with Gasteiger partial charge < -0.3 is 9.52 Å². The Labute approximate surface area is 108 Å². The van der Waals surface area contributed by atoms with Gasteiger partial charge in [0, 0.05) is 18.9 Å². The van der Waals surface area contributed by atoms with Crippen molar-refractivity contribution >= 4 is 6.09 Å². The van der Waals surface area contributed by atoms with Crippen LogP contribution in [0.25, 0.3) is 11.5 Å². The summed E-state index contributed by atoms with van der Waals surface area (Å²) in [6.45, 7) is 0.505. The number of pyridine rings is 1. The quantitative estimate of drug-likeness (QED) is 0.887. The number of amides is 1. The molecule has 1 fully saturated rings. The van der Waals surface area contributed by atoms with E-state index in [-0.39, 0.29) is 6.04 Å². The van der Waals surface area contributed by atoms with Gasteiger partial charge in [0.25, 0.3) is 0 Å². The van der Waals surface area contributed by atoms with Crippen molar-refractivity contribution in [3.05, 3.63) is 30.4 Å². The molecule has 2 aromatic heterocycles. The molecule has 0 aromatic carbocycles. The maximum atomic E-state index is 11.1. The summed E-state index contributed by atoms with van der Waals surface area (Å²) in [5.74, 6) is 0.707. The Bertz CT molecular complexity index is 584. The molecule has 0 saturated carbocycles. The SMILES string of the molecule is O=C(O)N1CCCC1c1nnc(-c2cccnc2)o1. The zero-order valence-electron chi connectivity index (χ0n) is 10.1. The standard InChI is InChI=1S/C12H12N4O3/c17-12(18)16-6-2-4-9(16)11-15-14-10(19-11)8-3-1-5-13-7-8/h1,3,5,7,9H,2,4,6H2,(H,17,18). The van der Waals surface area contributed by atoms with Crippen molar-refractivity contribution in [3.8, 4) is 11.5 Å². The van der Waals surface area contributed by atoms with Gasteiger partial charge >= 0.3 is 6.09 Å². The van der Waals surface area contributed by atoms with Crippen LogP contribution in [0.4, 0.5) is 4.79 Å². The number of nitrogens with zero attached hydrogens (tertiary/aromatic N) is 4. The van der Waals surface area contributed by atoms with Crippen LogP contribution in [-0.4, -0.2) is 37.8 Å². The summed E-state index contributed by atoms with van der Waals surface area (Å²) < 4.78 is 5.57. The van der Waals surface area contributed by atoms with Gasteiger partial charge in [-0.1, -0.05) is 0 Å². The van der Waals surface area contributed by atoms with Crippen LogP contribution in [0.3, 0.4) is 0 Å². The number of rotatable bonds is 2. The van der Waals surface area contributed by atoms with Crippen LogP contribution in [0, 0.1) is 0 Å². The van der Waals surface area contributed by atoms with Crippen molar-refractivity contribution in [2.45, 2.75) is 18.9 Å². The van der Waals surface area contributed by atoms with E-state index in [9.17, 15) is 4.79 Å². The average molecular weight is 260 g/mol. The van der Waals surface area contributed by atoms with Gasteiger partial charge in [0.1, 0.15) is 6.04 Å². The van der Waals surface area contributed by atoms with Crippen LogP contribution in [0.15, 0.2) is 28.9 Å². The Hall–Kier alpha value is -2.44. The summed E-state index contributed by atoms with van der Waals surface area (Å²) in [4.78, 5) is 16.4. The van der Waals surface area contributed by atoms with Gasteiger partial charge in [0.2, 0.25) is 11.8 Å². The van der Waals surface area contributed by atoms with Crippen LogP contribution >= 0.6 is 0 Å². The molecule has 3 rings (SSSR count). The maximum absolute atomic E-state index is 11.1. The fourth-order valence-electron chi connectivity index (χ4n) is 2.23. The Morgan fingerprint density at radius 3 is 3.11 bits per heavy atom. The Balaban J connectivity index is 1.87. The minimum absolute atomic E-state index is 0.338. The molecule has 2 aromatic rings. The summed E-state index contributed by atoms with van der Waals surface area (Å²) in [7, 11) is 0. The van der Waals surface area contributed by atoms with Gasteiger partial charge in [0.05, 0.1) is 5.56 Å². The van der Waals surface area contributed by atoms with Crippen LogP contribution in [-0.2, 0) is 0 Å². The molecule has 19 heavy (non-hydrogen) atoms. The summed E-state index contributed by atoms with van der Waals surface area (Å²) in [5, 5.41) is 17.0. The van der Waals surface area contributed by atoms with Crippen LogP contribution < -0.4 is 0 Å². The summed E-state index contributed by atoms with van der Waals surface area (Å²) in [6.07, 6.45) is 3.84. The zero-order chi connectivity index (χ0) is 13.2. The van der Waals surface area contributed by atoms with Crippen molar-refractivity contribution in [3.63, 3.8) is 0 Å². The van der Waals surface area contributed by atoms with Gasteiger partial charge in [0.15, 0.2) is 0 Å². The highest BCUT2D eigenvalue weighted by atomic mass is 16.4. The second-order valence-electron chi connectivity index (χ2n) is 4.32. The maximum Gasteiger partial charge on any atom is 0.407 e. The van der Waals surface area contributed by atoms with E-state index >= 15 is 0 Å². The lowest BCUT2D eigenvalue weighted by atomic mass is 10.2. The number of carboxylic acid groups (broad SMARTS) is 1. The summed E-state index contributed by atoms with van der Waals surface area (Å²) >= 11 is 0. The van der Waals surface area contributed by atoms with Gasteiger partial charge in [-0.15, -0.1) is 10.2 Å². The molecule has 7 heteroatoms. The first-order valence-corrected chi connectivity index (χ1v) is 5.99. The van der Waals surface area contributed by atoms with E-state index in [1.54, 1.807) is 18.5 Å². The lowest BCUT2D eigenvalue weighted by Gasteiger charge is -2.17. The van der Waals surface area contributed by atoms with Gasteiger partial charge in [-0.05, 0) is 25.0 Å². The van der Waals surface area contributed by atoms with E-state index in [1.165, 1.54) is 4.90 Å². The van der Waals surface area contributed by atoms with Crippen molar-refractivity contribution in [1.29, 1.82) is 0 Å². The Morgan fingerprint density at radius 2 is 2.37 bits per heavy atom. The lowest BCUT2D eigenvalue weighted by molar-refractivity contribution is 0.134. The molecular formula is C12H12N4O3. The molecule has 3 heterocycles. The third kappa shape index (κ3) is 2.14. The van der Waals surface area contributed by atoms with Crippen LogP contribution in [0.5, 0.6) is 0 Å². The Kier molecular flexibility index (Phi) is 2.86. The number of carbonyl (C=O) groups is 1. The number of aromatic nitrogens is 3. The first kappa shape index (κ1) is 11.6. The van der Waals surface area contributed by atoms with E-state index in [2.05, 4.69) is 15.2 Å². The molecule has 1 aliphatic rings. The molecule has 1 unspecified atom stereocenters. The third-order valence-corrected chi connectivity index (χ3v) is 3.13. The molecule has 0 spiro atoms. The fourth-order valence-corrected chi connectivity index (χ4v) is 2.23. The van der Waals surface area contributed by atoms with Gasteiger partial charge in [-0.25, -0.2) is 4.79 Å². The molecule has 1 atom stereocenters. The second-order valence-corrected chi connectivity index (χ2v) is 4.32. The van der Waals surface area contributed by atoms with E-state index in [1.807, 2.05) is 6.07 Å². The predicted octanol–water partition coefficient (Wildman–Crippen LogP) is 1.95. The minimum Gasteiger partial charge on any atom is -0.465 e. The first-order chi connectivity index (χ1) is 9.25. The third-order valence-electron chi connectivity index (χ3n) is 3.13. The van der Waals surface area contributed by atoms with E-state index in [0.717, 1.165) is 12.0 Å². The molecule has 1 aliphatic heterocycles. The van der Waals surface area contributed by atoms with E-state index < -0.39 is 6.09 Å². The molecule has 1 amide bonds. The topological polar surface area (TPSA) is 92.3 Å². The Morgan fingerprint density at radius 1 is 1.47 bits per heavy atom. The lowest BCUT2D eigenvalue weighted by Crippen LogP contribution is -2.28. The molecular weight excluding hydrogens is 248 g/mol.